The number of benzene rings is 1. The first kappa shape index (κ1) is 13.4. The van der Waals surface area contributed by atoms with Crippen LogP contribution in [-0.4, -0.2) is 19.6 Å². The average molecular weight is 258 g/mol. The Hall–Kier alpha value is -1.07. The molecule has 1 heterocycles. The summed E-state index contributed by atoms with van der Waals surface area (Å²) in [4.78, 5) is 0. The monoisotopic (exact) mass is 258 g/mol. The molecule has 0 aliphatic carbocycles. The standard InChI is InChI=1S/C13H17F3N2/c14-13(15,16)12-3-1-2-10(5-12)11-4-9(6-17)7-18-8-11/h1-3,5,9,11,18H,4,6-8,17H2. The molecule has 0 saturated carbocycles. The Morgan fingerprint density at radius 1 is 1.28 bits per heavy atom. The number of piperidine rings is 1. The molecule has 2 unspecified atom stereocenters. The van der Waals surface area contributed by atoms with Crippen molar-refractivity contribution in [2.24, 2.45) is 11.7 Å². The summed E-state index contributed by atoms with van der Waals surface area (Å²) in [5, 5.41) is 3.23. The Bertz CT molecular complexity index is 403. The summed E-state index contributed by atoms with van der Waals surface area (Å²) in [6, 6.07) is 5.61. The molecule has 0 aromatic heterocycles. The van der Waals surface area contributed by atoms with Crippen LogP contribution in [0.1, 0.15) is 23.5 Å². The van der Waals surface area contributed by atoms with Gasteiger partial charge in [0, 0.05) is 6.54 Å². The van der Waals surface area contributed by atoms with Crippen LogP contribution in [0.5, 0.6) is 0 Å². The molecule has 1 aliphatic heterocycles. The SMILES string of the molecule is NCC1CNCC(c2cccc(C(F)(F)F)c2)C1. The van der Waals surface area contributed by atoms with Gasteiger partial charge in [0.1, 0.15) is 0 Å². The van der Waals surface area contributed by atoms with Crippen LogP contribution >= 0.6 is 0 Å². The van der Waals surface area contributed by atoms with E-state index in [1.165, 1.54) is 12.1 Å². The zero-order valence-corrected chi connectivity index (χ0v) is 10.0. The van der Waals surface area contributed by atoms with Crippen LogP contribution in [-0.2, 0) is 6.18 Å². The topological polar surface area (TPSA) is 38.0 Å². The minimum atomic E-state index is -4.27. The van der Waals surface area contributed by atoms with Crippen molar-refractivity contribution >= 4 is 0 Å². The number of hydrogen-bond acceptors (Lipinski definition) is 2. The van der Waals surface area contributed by atoms with Crippen molar-refractivity contribution in [2.45, 2.75) is 18.5 Å². The fraction of sp³-hybridized carbons (Fsp3) is 0.538. The van der Waals surface area contributed by atoms with E-state index in [0.29, 0.717) is 12.5 Å². The van der Waals surface area contributed by atoms with Crippen LogP contribution in [0.25, 0.3) is 0 Å². The largest absolute Gasteiger partial charge is 0.416 e. The molecular weight excluding hydrogens is 241 g/mol. The van der Waals surface area contributed by atoms with Crippen LogP contribution in [0, 0.1) is 5.92 Å². The third-order valence-corrected chi connectivity index (χ3v) is 3.46. The highest BCUT2D eigenvalue weighted by molar-refractivity contribution is 5.29. The minimum Gasteiger partial charge on any atom is -0.330 e. The Labute approximate surface area is 104 Å². The van der Waals surface area contributed by atoms with Crippen LogP contribution < -0.4 is 11.1 Å². The summed E-state index contributed by atoms with van der Waals surface area (Å²) < 4.78 is 37.9. The lowest BCUT2D eigenvalue weighted by molar-refractivity contribution is -0.137. The zero-order chi connectivity index (χ0) is 13.2. The van der Waals surface area contributed by atoms with Crippen molar-refractivity contribution in [3.05, 3.63) is 35.4 Å². The first-order valence-corrected chi connectivity index (χ1v) is 6.08. The van der Waals surface area contributed by atoms with Crippen molar-refractivity contribution in [3.63, 3.8) is 0 Å². The molecule has 0 amide bonds. The van der Waals surface area contributed by atoms with Crippen molar-refractivity contribution in [1.82, 2.24) is 5.32 Å². The van der Waals surface area contributed by atoms with Gasteiger partial charge in [-0.1, -0.05) is 18.2 Å². The second-order valence-electron chi connectivity index (χ2n) is 4.82. The van der Waals surface area contributed by atoms with Crippen molar-refractivity contribution in [1.29, 1.82) is 0 Å². The average Bonchev–Trinajstić information content (AvgIpc) is 2.38. The number of rotatable bonds is 2. The van der Waals surface area contributed by atoms with Gasteiger partial charge in [0.2, 0.25) is 0 Å². The Morgan fingerprint density at radius 3 is 2.72 bits per heavy atom. The number of nitrogens with one attached hydrogen (secondary N) is 1. The van der Waals surface area contributed by atoms with Crippen LogP contribution in [0.3, 0.4) is 0 Å². The molecule has 2 rings (SSSR count). The van der Waals surface area contributed by atoms with Gasteiger partial charge in [0.05, 0.1) is 5.56 Å². The zero-order valence-electron chi connectivity index (χ0n) is 10.0. The van der Waals surface area contributed by atoms with Gasteiger partial charge in [-0.15, -0.1) is 0 Å². The maximum atomic E-state index is 12.6. The molecular formula is C13H17F3N2. The minimum absolute atomic E-state index is 0.120. The van der Waals surface area contributed by atoms with Crippen LogP contribution in [0.2, 0.25) is 0 Å². The Morgan fingerprint density at radius 2 is 2.06 bits per heavy atom. The molecule has 3 N–H and O–H groups in total. The van der Waals surface area contributed by atoms with Crippen molar-refractivity contribution < 1.29 is 13.2 Å². The fourth-order valence-corrected chi connectivity index (χ4v) is 2.43. The highest BCUT2D eigenvalue weighted by Crippen LogP contribution is 2.33. The second-order valence-corrected chi connectivity index (χ2v) is 4.82. The van der Waals surface area contributed by atoms with Gasteiger partial charge in [-0.05, 0) is 43.0 Å². The van der Waals surface area contributed by atoms with Gasteiger partial charge >= 0.3 is 6.18 Å². The molecule has 1 aliphatic rings. The van der Waals surface area contributed by atoms with Gasteiger partial charge in [0.15, 0.2) is 0 Å². The fourth-order valence-electron chi connectivity index (χ4n) is 2.43. The summed E-state index contributed by atoms with van der Waals surface area (Å²) in [6.07, 6.45) is -3.42. The molecule has 2 atom stereocenters. The number of alkyl halides is 3. The maximum Gasteiger partial charge on any atom is 0.416 e. The third kappa shape index (κ3) is 3.03. The molecule has 5 heteroatoms. The number of nitrogens with two attached hydrogens (primary N) is 1. The predicted octanol–water partition coefficient (Wildman–Crippen LogP) is 2.36. The summed E-state index contributed by atoms with van der Waals surface area (Å²) in [6.45, 7) is 2.15. The Balaban J connectivity index is 2.18. The maximum absolute atomic E-state index is 12.6. The van der Waals surface area contributed by atoms with E-state index >= 15 is 0 Å². The van der Waals surface area contributed by atoms with E-state index in [2.05, 4.69) is 5.32 Å². The molecule has 100 valence electrons. The summed E-state index contributed by atoms with van der Waals surface area (Å²) >= 11 is 0. The molecule has 2 nitrogen and oxygen atoms in total. The van der Waals surface area contributed by atoms with Gasteiger partial charge in [-0.25, -0.2) is 0 Å². The molecule has 0 bridgehead atoms. The predicted molar refractivity (Wildman–Crippen MR) is 64.2 cm³/mol. The summed E-state index contributed by atoms with van der Waals surface area (Å²) in [5.74, 6) is 0.466. The smallest absolute Gasteiger partial charge is 0.330 e. The van der Waals surface area contributed by atoms with E-state index in [0.717, 1.165) is 31.1 Å². The lowest BCUT2D eigenvalue weighted by atomic mass is 9.85. The van der Waals surface area contributed by atoms with E-state index in [-0.39, 0.29) is 5.92 Å². The molecule has 18 heavy (non-hydrogen) atoms. The van der Waals surface area contributed by atoms with Gasteiger partial charge in [-0.2, -0.15) is 13.2 Å². The van der Waals surface area contributed by atoms with Crippen LogP contribution in [0.15, 0.2) is 24.3 Å². The van der Waals surface area contributed by atoms with E-state index in [4.69, 9.17) is 5.73 Å². The summed E-state index contributed by atoms with van der Waals surface area (Å²) in [7, 11) is 0. The molecule has 0 radical (unpaired) electrons. The Kier molecular flexibility index (Phi) is 3.92. The number of halogens is 3. The lowest BCUT2D eigenvalue weighted by Crippen LogP contribution is -2.38. The van der Waals surface area contributed by atoms with E-state index in [9.17, 15) is 13.2 Å². The van der Waals surface area contributed by atoms with Crippen molar-refractivity contribution in [3.8, 4) is 0 Å². The normalized spacial score (nSPS) is 25.1. The summed E-state index contributed by atoms with van der Waals surface area (Å²) in [5.41, 5.74) is 5.79. The lowest BCUT2D eigenvalue weighted by Gasteiger charge is -2.29. The quantitative estimate of drug-likeness (QED) is 0.854. The molecule has 0 spiro atoms. The van der Waals surface area contributed by atoms with Gasteiger partial charge < -0.3 is 11.1 Å². The van der Waals surface area contributed by atoms with Crippen molar-refractivity contribution in [2.75, 3.05) is 19.6 Å². The van der Waals surface area contributed by atoms with Gasteiger partial charge in [-0.3, -0.25) is 0 Å². The number of hydrogen-bond donors (Lipinski definition) is 2. The van der Waals surface area contributed by atoms with Gasteiger partial charge in [0.25, 0.3) is 0 Å². The van der Waals surface area contributed by atoms with E-state index in [1.807, 2.05) is 0 Å². The van der Waals surface area contributed by atoms with E-state index < -0.39 is 11.7 Å². The molecule has 1 aromatic rings. The van der Waals surface area contributed by atoms with Crippen LogP contribution in [0.4, 0.5) is 13.2 Å². The highest BCUT2D eigenvalue weighted by atomic mass is 19.4. The third-order valence-electron chi connectivity index (χ3n) is 3.46. The second kappa shape index (κ2) is 5.28. The first-order valence-electron chi connectivity index (χ1n) is 6.08. The molecule has 1 saturated heterocycles. The first-order chi connectivity index (χ1) is 8.50. The van der Waals surface area contributed by atoms with E-state index in [1.54, 1.807) is 6.07 Å². The molecule has 1 fully saturated rings. The highest BCUT2D eigenvalue weighted by Gasteiger charge is 2.31. The molecule has 1 aromatic carbocycles.